The van der Waals surface area contributed by atoms with E-state index in [-0.39, 0.29) is 51.3 Å². The van der Waals surface area contributed by atoms with Crippen LogP contribution in [0.4, 0.5) is 0 Å². The third-order valence-corrected chi connectivity index (χ3v) is 6.31. The van der Waals surface area contributed by atoms with Gasteiger partial charge in [-0.05, 0) is 24.1 Å². The second-order valence-corrected chi connectivity index (χ2v) is 9.41. The van der Waals surface area contributed by atoms with Crippen LogP contribution in [0.2, 0.25) is 0 Å². The molecule has 14 heteroatoms. The van der Waals surface area contributed by atoms with Crippen molar-refractivity contribution in [1.29, 1.82) is 0 Å². The molecular formula is C25H38N4O10. The lowest BCUT2D eigenvalue weighted by Crippen LogP contribution is -2.67. The van der Waals surface area contributed by atoms with E-state index < -0.39 is 48.9 Å². The third kappa shape index (κ3) is 10.4. The van der Waals surface area contributed by atoms with Crippen LogP contribution in [0.3, 0.4) is 0 Å². The van der Waals surface area contributed by atoms with E-state index in [0.717, 1.165) is 0 Å². The van der Waals surface area contributed by atoms with Gasteiger partial charge in [0.25, 0.3) is 0 Å². The van der Waals surface area contributed by atoms with Gasteiger partial charge in [-0.1, -0.05) is 25.5 Å². The number of carboxylic acid groups (broad SMARTS) is 4. The van der Waals surface area contributed by atoms with Crippen LogP contribution in [-0.4, -0.2) is 135 Å². The molecule has 1 aliphatic rings. The van der Waals surface area contributed by atoms with Crippen molar-refractivity contribution in [3.05, 3.63) is 29.8 Å². The van der Waals surface area contributed by atoms with E-state index in [4.69, 9.17) is 9.84 Å². The summed E-state index contributed by atoms with van der Waals surface area (Å²) in [4.78, 5) is 50.5. The van der Waals surface area contributed by atoms with E-state index in [2.05, 4.69) is 5.32 Å². The van der Waals surface area contributed by atoms with Crippen LogP contribution >= 0.6 is 0 Å². The molecular weight excluding hydrogens is 516 g/mol. The zero-order chi connectivity index (χ0) is 29.0. The lowest BCUT2D eigenvalue weighted by molar-refractivity contribution is -0.223. The Morgan fingerprint density at radius 2 is 1.49 bits per heavy atom. The molecule has 39 heavy (non-hydrogen) atoms. The molecule has 0 aliphatic carbocycles. The Morgan fingerprint density at radius 1 is 0.872 bits per heavy atom. The van der Waals surface area contributed by atoms with Crippen LogP contribution in [0.25, 0.3) is 0 Å². The van der Waals surface area contributed by atoms with Crippen LogP contribution in [0, 0.1) is 0 Å². The van der Waals surface area contributed by atoms with Gasteiger partial charge < -0.3 is 35.6 Å². The lowest BCUT2D eigenvalue weighted by atomic mass is 10.0. The minimum atomic E-state index is -1.96. The molecule has 2 atom stereocenters. The first-order valence-electron chi connectivity index (χ1n) is 12.7. The van der Waals surface area contributed by atoms with Gasteiger partial charge in [0.2, 0.25) is 0 Å². The number of rotatable bonds is 12. The molecule has 2 unspecified atom stereocenters. The molecule has 14 nitrogen and oxygen atoms in total. The van der Waals surface area contributed by atoms with Gasteiger partial charge in [0, 0.05) is 39.3 Å². The highest BCUT2D eigenvalue weighted by Crippen LogP contribution is 2.30. The molecule has 1 aromatic rings. The Morgan fingerprint density at radius 3 is 2.05 bits per heavy atom. The van der Waals surface area contributed by atoms with E-state index in [0.29, 0.717) is 25.1 Å². The summed E-state index contributed by atoms with van der Waals surface area (Å²) in [5.41, 5.74) is -1.46. The van der Waals surface area contributed by atoms with Crippen molar-refractivity contribution < 1.29 is 49.4 Å². The fourth-order valence-electron chi connectivity index (χ4n) is 4.59. The molecule has 0 aromatic heterocycles. The van der Waals surface area contributed by atoms with Crippen molar-refractivity contribution >= 4 is 23.9 Å². The minimum Gasteiger partial charge on any atom is -0.481 e. The van der Waals surface area contributed by atoms with Crippen LogP contribution < -0.4 is 10.1 Å². The maximum Gasteiger partial charge on any atom is 0.317 e. The molecule has 218 valence electrons. The number of ether oxygens (including phenoxy) is 1. The maximum atomic E-state index is 12.1. The summed E-state index contributed by atoms with van der Waals surface area (Å²) in [5, 5.41) is 53.0. The van der Waals surface area contributed by atoms with E-state index in [9.17, 15) is 39.6 Å². The number of hydrogen-bond donors (Lipinski definition) is 6. The van der Waals surface area contributed by atoms with Crippen molar-refractivity contribution in [3.8, 4) is 5.75 Å². The molecule has 6 N–H and O–H groups in total. The predicted molar refractivity (Wildman–Crippen MR) is 137 cm³/mol. The van der Waals surface area contributed by atoms with Gasteiger partial charge in [-0.2, -0.15) is 0 Å². The number of nitrogens with one attached hydrogen (secondary N) is 1. The molecule has 2 rings (SSSR count). The normalized spacial score (nSPS) is 22.4. The standard InChI is InChI=1S/C25H38N4O10/c1-2-7-25(38)24(39-19-5-3-18(4-6-19)14-20(30)31)28(16-22(34)35)13-12-27(15-21(32)33)10-8-26-9-11-29(25)17-23(36)37/h3-6,24,26,38H,2,7-17H2,1H3,(H,30,31)(H,32,33)(H,34,35)(H,36,37). The molecule has 1 saturated heterocycles. The number of carboxylic acids is 4. The molecule has 0 spiro atoms. The lowest BCUT2D eigenvalue weighted by Gasteiger charge is -2.48. The molecule has 1 fully saturated rings. The third-order valence-electron chi connectivity index (χ3n) is 6.31. The summed E-state index contributed by atoms with van der Waals surface area (Å²) >= 11 is 0. The van der Waals surface area contributed by atoms with Gasteiger partial charge in [-0.25, -0.2) is 0 Å². The monoisotopic (exact) mass is 554 g/mol. The molecule has 0 saturated carbocycles. The summed E-state index contributed by atoms with van der Waals surface area (Å²) in [6.45, 7) is 1.64. The second kappa shape index (κ2) is 15.3. The van der Waals surface area contributed by atoms with Crippen LogP contribution in [0.1, 0.15) is 25.3 Å². The average Bonchev–Trinajstić information content (AvgIpc) is 2.83. The highest BCUT2D eigenvalue weighted by Gasteiger charge is 2.47. The van der Waals surface area contributed by atoms with E-state index in [1.807, 2.05) is 0 Å². The highest BCUT2D eigenvalue weighted by molar-refractivity contribution is 5.70. The molecule has 0 bridgehead atoms. The number of aliphatic hydroxyl groups is 1. The topological polar surface area (TPSA) is 200 Å². The van der Waals surface area contributed by atoms with Crippen LogP contribution in [0.5, 0.6) is 5.75 Å². The summed E-state index contributed by atoms with van der Waals surface area (Å²) in [7, 11) is 0. The summed E-state index contributed by atoms with van der Waals surface area (Å²) in [6, 6.07) is 6.07. The molecule has 0 radical (unpaired) electrons. The smallest absolute Gasteiger partial charge is 0.317 e. The molecule has 0 amide bonds. The maximum absolute atomic E-state index is 12.1. The summed E-state index contributed by atoms with van der Waals surface area (Å²) in [6.07, 6.45) is -1.14. The number of benzene rings is 1. The van der Waals surface area contributed by atoms with Crippen LogP contribution in [-0.2, 0) is 25.6 Å². The zero-order valence-corrected chi connectivity index (χ0v) is 22.0. The van der Waals surface area contributed by atoms with Gasteiger partial charge >= 0.3 is 23.9 Å². The Kier molecular flexibility index (Phi) is 12.5. The van der Waals surface area contributed by atoms with E-state index in [1.54, 1.807) is 11.8 Å². The number of nitrogens with zero attached hydrogens (tertiary/aromatic N) is 3. The quantitative estimate of drug-likeness (QED) is 0.189. The first-order valence-corrected chi connectivity index (χ1v) is 12.7. The van der Waals surface area contributed by atoms with Crippen molar-refractivity contribution in [2.75, 3.05) is 58.9 Å². The number of hydrogen-bond acceptors (Lipinski definition) is 10. The minimum absolute atomic E-state index is 0.00567. The predicted octanol–water partition coefficient (Wildman–Crippen LogP) is -0.730. The molecule has 1 aromatic carbocycles. The average molecular weight is 555 g/mol. The first-order chi connectivity index (χ1) is 18.4. The first kappa shape index (κ1) is 31.9. The SMILES string of the molecule is CCCC1(O)C(Oc2ccc(CC(=O)O)cc2)N(CC(=O)O)CCN(CC(=O)O)CCNCCN1CC(=O)O. The molecule has 1 aliphatic heterocycles. The Hall–Kier alpha value is -3.30. The second-order valence-electron chi connectivity index (χ2n) is 9.41. The van der Waals surface area contributed by atoms with Gasteiger partial charge in [-0.15, -0.1) is 0 Å². The molecule has 1 heterocycles. The Balaban J connectivity index is 2.57. The van der Waals surface area contributed by atoms with Gasteiger partial charge in [-0.3, -0.25) is 33.9 Å². The number of aliphatic carboxylic acids is 4. The van der Waals surface area contributed by atoms with E-state index >= 15 is 0 Å². The summed E-state index contributed by atoms with van der Waals surface area (Å²) in [5.74, 6) is -4.26. The van der Waals surface area contributed by atoms with Crippen LogP contribution in [0.15, 0.2) is 24.3 Å². The van der Waals surface area contributed by atoms with Crippen molar-refractivity contribution in [2.24, 2.45) is 0 Å². The van der Waals surface area contributed by atoms with Gasteiger partial charge in [0.15, 0.2) is 12.0 Å². The van der Waals surface area contributed by atoms with E-state index in [1.165, 1.54) is 34.1 Å². The fourth-order valence-corrected chi connectivity index (χ4v) is 4.59. The zero-order valence-electron chi connectivity index (χ0n) is 22.0. The van der Waals surface area contributed by atoms with Crippen molar-refractivity contribution in [1.82, 2.24) is 20.0 Å². The van der Waals surface area contributed by atoms with Gasteiger partial charge in [0.05, 0.1) is 26.1 Å². The Bertz CT molecular complexity index is 976. The van der Waals surface area contributed by atoms with Crippen molar-refractivity contribution in [3.63, 3.8) is 0 Å². The Labute approximate surface area is 226 Å². The van der Waals surface area contributed by atoms with Gasteiger partial charge in [0.1, 0.15) is 5.75 Å². The highest BCUT2D eigenvalue weighted by atomic mass is 16.5. The van der Waals surface area contributed by atoms with Crippen molar-refractivity contribution in [2.45, 2.75) is 38.1 Å². The fraction of sp³-hybridized carbons (Fsp3) is 0.600. The number of carbonyl (C=O) groups is 4. The largest absolute Gasteiger partial charge is 0.481 e. The summed E-state index contributed by atoms with van der Waals surface area (Å²) < 4.78 is 6.20.